The van der Waals surface area contributed by atoms with Gasteiger partial charge in [0.15, 0.2) is 5.82 Å². The maximum Gasteiger partial charge on any atom is 0.438 e. The molecule has 0 spiro atoms. The Morgan fingerprint density at radius 1 is 0.952 bits per heavy atom. The second kappa shape index (κ2) is 15.0. The molecule has 1 amide bonds. The van der Waals surface area contributed by atoms with Crippen molar-refractivity contribution in [1.82, 2.24) is 38.5 Å². The number of rotatable bonds is 9. The van der Waals surface area contributed by atoms with Crippen molar-refractivity contribution in [2.75, 3.05) is 33.1 Å². The number of carbonyl (C=O) groups excluding carboxylic acids is 1. The molecule has 1 N–H and O–H groups in total. The van der Waals surface area contributed by atoms with Gasteiger partial charge in [-0.2, -0.15) is 5.10 Å². The minimum absolute atomic E-state index is 0.0283. The Balaban J connectivity index is 1.10. The molecule has 1 saturated heterocycles. The number of amides is 1. The first-order chi connectivity index (χ1) is 30.1. The van der Waals surface area contributed by atoms with Gasteiger partial charge >= 0.3 is 11.4 Å². The second-order valence-corrected chi connectivity index (χ2v) is 21.6. The van der Waals surface area contributed by atoms with Gasteiger partial charge in [-0.3, -0.25) is 23.4 Å². The lowest BCUT2D eigenvalue weighted by Crippen LogP contribution is -2.41. The Kier molecular flexibility index (Phi) is 9.79. The van der Waals surface area contributed by atoms with Crippen LogP contribution in [0.3, 0.4) is 0 Å². The molecule has 326 valence electrons. The number of aromatic nitrogens is 7. The van der Waals surface area contributed by atoms with Crippen molar-refractivity contribution in [3.05, 3.63) is 145 Å². The van der Waals surface area contributed by atoms with Crippen molar-refractivity contribution in [1.29, 1.82) is 0 Å². The number of fused-ring (bicyclic) bond motifs is 2. The molecule has 1 aliphatic carbocycles. The number of H-pyrrole nitrogens is 1. The number of imidazole rings is 1. The maximum absolute atomic E-state index is 15.4. The van der Waals surface area contributed by atoms with E-state index in [-0.39, 0.29) is 23.3 Å². The van der Waals surface area contributed by atoms with Crippen LogP contribution in [0.2, 0.25) is 0 Å². The van der Waals surface area contributed by atoms with E-state index < -0.39 is 24.5 Å². The molecule has 6 heterocycles. The maximum atomic E-state index is 15.4. The van der Waals surface area contributed by atoms with Gasteiger partial charge in [0, 0.05) is 61.2 Å². The summed E-state index contributed by atoms with van der Waals surface area (Å²) in [7, 11) is -2.31. The number of nitrogens with one attached hydrogen (secondary N) is 1. The van der Waals surface area contributed by atoms with Gasteiger partial charge in [0.05, 0.1) is 30.3 Å². The van der Waals surface area contributed by atoms with Crippen LogP contribution < -0.4 is 11.4 Å². The highest BCUT2D eigenvalue weighted by Gasteiger charge is 2.59. The monoisotopic (exact) mass is 872 g/mol. The van der Waals surface area contributed by atoms with E-state index in [4.69, 9.17) is 14.4 Å². The Labute approximate surface area is 362 Å². The fourth-order valence-electron chi connectivity index (χ4n) is 10.1. The van der Waals surface area contributed by atoms with Crippen LogP contribution >= 0.6 is 7.14 Å². The predicted octanol–water partition coefficient (Wildman–Crippen LogP) is 7.76. The summed E-state index contributed by atoms with van der Waals surface area (Å²) in [5.74, 6) is -0.00406. The van der Waals surface area contributed by atoms with E-state index in [1.807, 2.05) is 46.7 Å². The van der Waals surface area contributed by atoms with Crippen LogP contribution in [0.15, 0.2) is 87.2 Å². The summed E-state index contributed by atoms with van der Waals surface area (Å²) in [5.41, 5.74) is 5.74. The molecule has 3 aliphatic rings. The van der Waals surface area contributed by atoms with Gasteiger partial charge in [0.2, 0.25) is 0 Å². The molecule has 3 atom stereocenters. The molecule has 16 heteroatoms. The molecule has 3 unspecified atom stereocenters. The summed E-state index contributed by atoms with van der Waals surface area (Å²) >= 11 is 0. The minimum Gasteiger partial charge on any atom is -0.381 e. The van der Waals surface area contributed by atoms with Gasteiger partial charge in [-0.1, -0.05) is 30.3 Å². The molecular weight excluding hydrogens is 823 g/mol. The Bertz CT molecular complexity index is 3100. The SMILES string of the molecule is Cc1cc(-n2nc3c(c2-n2ccn(-c4ccc(CP(C)(C)=O)cc4)c2=O)C(C)N(C(=O)c2cc4cc(C5CCOCC5)ccc4n2C2(c4noc(=O)[nH]4)CC2C)CC3)cc(C)c1F. The zero-order valence-electron chi connectivity index (χ0n) is 36.2. The van der Waals surface area contributed by atoms with Crippen molar-refractivity contribution in [3.63, 3.8) is 0 Å². The molecule has 0 radical (unpaired) electrons. The summed E-state index contributed by atoms with van der Waals surface area (Å²) in [4.78, 5) is 47.1. The van der Waals surface area contributed by atoms with Crippen LogP contribution in [0.5, 0.6) is 0 Å². The van der Waals surface area contributed by atoms with E-state index >= 15 is 9.18 Å². The third-order valence-electron chi connectivity index (χ3n) is 13.4. The highest BCUT2D eigenvalue weighted by atomic mass is 31.2. The average molecular weight is 873 g/mol. The molecule has 14 nitrogen and oxygen atoms in total. The zero-order chi connectivity index (χ0) is 44.1. The average Bonchev–Trinajstić information content (AvgIpc) is 3.75. The van der Waals surface area contributed by atoms with Crippen LogP contribution in [0, 0.1) is 25.6 Å². The summed E-state index contributed by atoms with van der Waals surface area (Å²) in [6, 6.07) is 18.7. The summed E-state index contributed by atoms with van der Waals surface area (Å²) in [6.45, 7) is 12.7. The van der Waals surface area contributed by atoms with Gasteiger partial charge < -0.3 is 18.8 Å². The smallest absolute Gasteiger partial charge is 0.381 e. The summed E-state index contributed by atoms with van der Waals surface area (Å²) in [5, 5.41) is 10.2. The van der Waals surface area contributed by atoms with Crippen LogP contribution in [-0.2, 0) is 27.4 Å². The van der Waals surface area contributed by atoms with Gasteiger partial charge in [-0.25, -0.2) is 18.7 Å². The Morgan fingerprint density at radius 3 is 2.30 bits per heavy atom. The van der Waals surface area contributed by atoms with Crippen LogP contribution in [0.4, 0.5) is 4.39 Å². The molecule has 1 saturated carbocycles. The van der Waals surface area contributed by atoms with Gasteiger partial charge in [-0.05, 0) is 130 Å². The number of hydrogen-bond donors (Lipinski definition) is 1. The molecule has 2 fully saturated rings. The lowest BCUT2D eigenvalue weighted by atomic mass is 9.91. The first-order valence-electron chi connectivity index (χ1n) is 21.6. The van der Waals surface area contributed by atoms with Crippen molar-refractivity contribution < 1.29 is 23.0 Å². The predicted molar refractivity (Wildman–Crippen MR) is 237 cm³/mol. The van der Waals surface area contributed by atoms with Gasteiger partial charge in [0.1, 0.15) is 22.9 Å². The zero-order valence-corrected chi connectivity index (χ0v) is 37.1. The number of hydrogen-bond acceptors (Lipinski definition) is 8. The summed E-state index contributed by atoms with van der Waals surface area (Å²) < 4.78 is 45.1. The largest absolute Gasteiger partial charge is 0.438 e. The third-order valence-corrected chi connectivity index (χ3v) is 14.5. The molecule has 3 aromatic carbocycles. The topological polar surface area (TPSA) is 155 Å². The number of halogens is 1. The molecular formula is C47H50FN8O6P. The van der Waals surface area contributed by atoms with E-state index in [2.05, 4.69) is 35.3 Å². The lowest BCUT2D eigenvalue weighted by Gasteiger charge is -2.34. The first kappa shape index (κ1) is 41.0. The third kappa shape index (κ3) is 6.87. The lowest BCUT2D eigenvalue weighted by molar-refractivity contribution is 0.0663. The number of nitrogens with zero attached hydrogens (tertiary/aromatic N) is 7. The first-order valence-corrected chi connectivity index (χ1v) is 24.4. The quantitative estimate of drug-likeness (QED) is 0.144. The van der Waals surface area contributed by atoms with E-state index in [0.717, 1.165) is 35.0 Å². The highest BCUT2D eigenvalue weighted by Crippen LogP contribution is 2.56. The number of aryl methyl sites for hydroxylation is 2. The minimum atomic E-state index is -2.31. The number of ether oxygens (including phenoxy) is 1. The van der Waals surface area contributed by atoms with Crippen LogP contribution in [0.1, 0.15) is 94.9 Å². The fourth-order valence-corrected chi connectivity index (χ4v) is 11.2. The normalized spacial score (nSPS) is 20.4. The van der Waals surface area contributed by atoms with E-state index in [0.29, 0.717) is 90.1 Å². The van der Waals surface area contributed by atoms with Gasteiger partial charge in [0.25, 0.3) is 5.91 Å². The fraction of sp³-hybridized carbons (Fsp3) is 0.383. The van der Waals surface area contributed by atoms with Crippen molar-refractivity contribution >= 4 is 24.0 Å². The molecule has 7 aromatic rings. The molecule has 2 aliphatic heterocycles. The standard InChI is InChI=1S/C47H50FN8O6P/c1-27-21-36(22-28(2)41(27)48)56-42(54-18-17-53(46(54)59)35-10-7-31(8-11-35)26-63(5,6)60)40-30(4)52(16-13-37(40)50-56)43(57)39-24-34-23-33(32-14-19-61-20-15-32)9-12-38(34)55(39)47(25-29(47)3)44-49-45(58)62-51-44/h7-12,17-18,21-24,29-30,32H,13-16,19-20,25-26H2,1-6H3,(H,49,51,58). The number of carbonyl (C=O) groups is 1. The van der Waals surface area contributed by atoms with Crippen molar-refractivity contribution in [3.8, 4) is 17.2 Å². The van der Waals surface area contributed by atoms with Crippen molar-refractivity contribution in [2.24, 2.45) is 5.92 Å². The Hall–Kier alpha value is -6.05. The van der Waals surface area contributed by atoms with Gasteiger partial charge in [-0.15, -0.1) is 0 Å². The van der Waals surface area contributed by atoms with Crippen LogP contribution in [-0.4, -0.2) is 77.5 Å². The molecule has 10 rings (SSSR count). The number of aromatic amines is 1. The molecule has 4 aromatic heterocycles. The molecule has 63 heavy (non-hydrogen) atoms. The Morgan fingerprint density at radius 2 is 1.65 bits per heavy atom. The van der Waals surface area contributed by atoms with E-state index in [1.54, 1.807) is 65.5 Å². The van der Waals surface area contributed by atoms with E-state index in [9.17, 15) is 14.2 Å². The summed E-state index contributed by atoms with van der Waals surface area (Å²) in [6.07, 6.45) is 6.71. The van der Waals surface area contributed by atoms with Crippen molar-refractivity contribution in [2.45, 2.75) is 77.0 Å². The van der Waals surface area contributed by atoms with Crippen LogP contribution in [0.25, 0.3) is 28.1 Å². The second-order valence-electron chi connectivity index (χ2n) is 18.2. The molecule has 0 bridgehead atoms. The van der Waals surface area contributed by atoms with E-state index in [1.165, 1.54) is 5.56 Å². The number of benzene rings is 3. The highest BCUT2D eigenvalue weighted by molar-refractivity contribution is 7.61.